The van der Waals surface area contributed by atoms with Crippen molar-refractivity contribution in [3.8, 4) is 0 Å². The van der Waals surface area contributed by atoms with Gasteiger partial charge in [0.2, 0.25) is 5.82 Å². The molecule has 0 spiro atoms. The monoisotopic (exact) mass is 422 g/mol. The molecule has 1 aliphatic heterocycles. The molecule has 30 heavy (non-hydrogen) atoms. The lowest BCUT2D eigenvalue weighted by molar-refractivity contribution is -0.147. The highest BCUT2D eigenvalue weighted by Gasteiger charge is 2.39. The first-order valence-corrected chi connectivity index (χ1v) is 9.21. The number of carbonyl (C=O) groups excluding carboxylic acids is 1. The quantitative estimate of drug-likeness (QED) is 0.632. The number of hydrogen-bond acceptors (Lipinski definition) is 5. The van der Waals surface area contributed by atoms with Gasteiger partial charge in [0.25, 0.3) is 5.91 Å². The zero-order chi connectivity index (χ0) is 21.6. The number of alkyl halides is 3. The van der Waals surface area contributed by atoms with Crippen LogP contribution in [-0.2, 0) is 13.2 Å². The molecule has 0 aliphatic carbocycles. The van der Waals surface area contributed by atoms with Gasteiger partial charge in [-0.3, -0.25) is 14.2 Å². The maximum absolute atomic E-state index is 13.0. The number of para-hydroxylation sites is 1. The van der Waals surface area contributed by atoms with Crippen LogP contribution in [0.4, 0.5) is 13.2 Å². The molecule has 3 aromatic rings. The molecule has 0 atom stereocenters. The Labute approximate surface area is 167 Å². The molecule has 0 radical (unpaired) electrons. The number of nitrogens with zero attached hydrogens (tertiary/aromatic N) is 4. The lowest BCUT2D eigenvalue weighted by atomic mass is 10.0. The van der Waals surface area contributed by atoms with Crippen molar-refractivity contribution in [2.75, 3.05) is 13.1 Å². The first-order chi connectivity index (χ1) is 14.2. The maximum atomic E-state index is 13.0. The van der Waals surface area contributed by atoms with E-state index in [-0.39, 0.29) is 37.1 Å². The minimum absolute atomic E-state index is 0.105. The third-order valence-electron chi connectivity index (χ3n) is 5.20. The molecule has 0 unspecified atom stereocenters. The van der Waals surface area contributed by atoms with Crippen LogP contribution in [0.3, 0.4) is 0 Å². The van der Waals surface area contributed by atoms with Crippen LogP contribution in [0, 0.1) is 0 Å². The van der Waals surface area contributed by atoms with Crippen molar-refractivity contribution in [3.63, 3.8) is 0 Å². The van der Waals surface area contributed by atoms with Crippen molar-refractivity contribution in [2.45, 2.75) is 25.1 Å². The predicted molar refractivity (Wildman–Crippen MR) is 99.1 cm³/mol. The summed E-state index contributed by atoms with van der Waals surface area (Å²) in [5, 5.41) is 3.82. The number of hydrogen-bond donors (Lipinski definition) is 0. The largest absolute Gasteiger partial charge is 0.451 e. The molecule has 0 bridgehead atoms. The molecule has 11 heteroatoms. The molecular formula is C19H17F3N4O4. The highest BCUT2D eigenvalue weighted by Crippen LogP contribution is 2.28. The van der Waals surface area contributed by atoms with E-state index < -0.39 is 29.6 Å². The van der Waals surface area contributed by atoms with Gasteiger partial charge in [0.1, 0.15) is 5.58 Å². The minimum Gasteiger partial charge on any atom is -0.451 e. The van der Waals surface area contributed by atoms with Crippen LogP contribution in [0.15, 0.2) is 44.3 Å². The van der Waals surface area contributed by atoms with Gasteiger partial charge in [-0.05, 0) is 25.0 Å². The second-order valence-corrected chi connectivity index (χ2v) is 7.10. The third kappa shape index (κ3) is 3.40. The van der Waals surface area contributed by atoms with Crippen molar-refractivity contribution in [2.24, 2.45) is 7.05 Å². The topological polar surface area (TPSA) is 90.3 Å². The molecule has 1 aliphatic rings. The predicted octanol–water partition coefficient (Wildman–Crippen LogP) is 2.18. The van der Waals surface area contributed by atoms with Gasteiger partial charge in [0.15, 0.2) is 11.2 Å². The SMILES string of the molecule is Cn1c(C(F)(F)F)nn(C2CCN(C(=O)c3cc(=O)c4ccccc4o3)CC2)c1=O. The standard InChI is InChI=1S/C19H17F3N4O4/c1-24-17(19(20,21)22)23-26(18(24)29)11-6-8-25(9-7-11)16(28)15-10-13(27)12-4-2-3-5-14(12)30-15/h2-5,10-11H,6-9H2,1H3. The van der Waals surface area contributed by atoms with Gasteiger partial charge in [0, 0.05) is 26.2 Å². The van der Waals surface area contributed by atoms with Gasteiger partial charge in [-0.25, -0.2) is 9.48 Å². The van der Waals surface area contributed by atoms with Crippen LogP contribution in [-0.4, -0.2) is 38.2 Å². The average molecular weight is 422 g/mol. The summed E-state index contributed by atoms with van der Waals surface area (Å²) in [6.07, 6.45) is -4.24. The highest BCUT2D eigenvalue weighted by atomic mass is 19.4. The Hall–Kier alpha value is -3.37. The zero-order valence-electron chi connectivity index (χ0n) is 15.8. The summed E-state index contributed by atoms with van der Waals surface area (Å²) in [6, 6.07) is 7.13. The fourth-order valence-corrected chi connectivity index (χ4v) is 3.62. The van der Waals surface area contributed by atoms with Gasteiger partial charge in [-0.15, -0.1) is 5.10 Å². The molecule has 1 amide bonds. The van der Waals surface area contributed by atoms with E-state index in [1.807, 2.05) is 0 Å². The molecule has 1 aromatic carbocycles. The van der Waals surface area contributed by atoms with Gasteiger partial charge in [-0.2, -0.15) is 13.2 Å². The number of rotatable bonds is 2. The molecule has 0 N–H and O–H groups in total. The zero-order valence-corrected chi connectivity index (χ0v) is 15.8. The summed E-state index contributed by atoms with van der Waals surface area (Å²) in [5.74, 6) is -1.85. The summed E-state index contributed by atoms with van der Waals surface area (Å²) < 4.78 is 45.8. The second-order valence-electron chi connectivity index (χ2n) is 7.10. The molecule has 8 nitrogen and oxygen atoms in total. The van der Waals surface area contributed by atoms with Crippen molar-refractivity contribution >= 4 is 16.9 Å². The second kappa shape index (κ2) is 7.15. The summed E-state index contributed by atoms with van der Waals surface area (Å²) in [7, 11) is 1.02. The van der Waals surface area contributed by atoms with E-state index in [2.05, 4.69) is 5.10 Å². The Morgan fingerprint density at radius 1 is 1.17 bits per heavy atom. The first-order valence-electron chi connectivity index (χ1n) is 9.21. The molecule has 158 valence electrons. The Balaban J connectivity index is 1.52. The number of likely N-dealkylation sites (tertiary alicyclic amines) is 1. The van der Waals surface area contributed by atoms with Crippen LogP contribution >= 0.6 is 0 Å². The molecule has 3 heterocycles. The van der Waals surface area contributed by atoms with Gasteiger partial charge >= 0.3 is 11.9 Å². The first kappa shape index (κ1) is 19.9. The number of amides is 1. The van der Waals surface area contributed by atoms with E-state index in [4.69, 9.17) is 4.42 Å². The molecular weight excluding hydrogens is 405 g/mol. The number of carbonyl (C=O) groups is 1. The molecule has 2 aromatic heterocycles. The van der Waals surface area contributed by atoms with E-state index in [0.29, 0.717) is 15.5 Å². The normalized spacial score (nSPS) is 15.7. The summed E-state index contributed by atoms with van der Waals surface area (Å²) in [6.45, 7) is 0.370. The van der Waals surface area contributed by atoms with Crippen molar-refractivity contribution in [1.29, 1.82) is 0 Å². The fraction of sp³-hybridized carbons (Fsp3) is 0.368. The Kier molecular flexibility index (Phi) is 4.75. The molecule has 0 saturated carbocycles. The minimum atomic E-state index is -4.73. The van der Waals surface area contributed by atoms with Crippen LogP contribution in [0.2, 0.25) is 0 Å². The molecule has 1 fully saturated rings. The van der Waals surface area contributed by atoms with Crippen molar-refractivity contribution < 1.29 is 22.4 Å². The summed E-state index contributed by atoms with van der Waals surface area (Å²) in [4.78, 5) is 38.6. The van der Waals surface area contributed by atoms with Crippen LogP contribution < -0.4 is 11.1 Å². The smallest absolute Gasteiger partial charge is 0.451 e. The number of benzene rings is 1. The average Bonchev–Trinajstić information content (AvgIpc) is 3.02. The summed E-state index contributed by atoms with van der Waals surface area (Å²) >= 11 is 0. The third-order valence-corrected chi connectivity index (χ3v) is 5.20. The number of halogens is 3. The summed E-state index contributed by atoms with van der Waals surface area (Å²) in [5.41, 5.74) is -0.898. The van der Waals surface area contributed by atoms with Crippen LogP contribution in [0.5, 0.6) is 0 Å². The van der Waals surface area contributed by atoms with E-state index in [1.54, 1.807) is 24.3 Å². The highest BCUT2D eigenvalue weighted by molar-refractivity contribution is 5.93. The maximum Gasteiger partial charge on any atom is 0.451 e. The van der Waals surface area contributed by atoms with Gasteiger partial charge in [0.05, 0.1) is 11.4 Å². The number of piperidine rings is 1. The van der Waals surface area contributed by atoms with E-state index in [9.17, 15) is 27.6 Å². The lowest BCUT2D eigenvalue weighted by Crippen LogP contribution is -2.41. The van der Waals surface area contributed by atoms with E-state index in [1.165, 1.54) is 4.90 Å². The van der Waals surface area contributed by atoms with Crippen LogP contribution in [0.1, 0.15) is 35.3 Å². The van der Waals surface area contributed by atoms with Gasteiger partial charge in [-0.1, -0.05) is 12.1 Å². The number of fused-ring (bicyclic) bond motifs is 1. The van der Waals surface area contributed by atoms with E-state index in [0.717, 1.165) is 17.8 Å². The lowest BCUT2D eigenvalue weighted by Gasteiger charge is -2.31. The molecule has 1 saturated heterocycles. The van der Waals surface area contributed by atoms with Gasteiger partial charge < -0.3 is 9.32 Å². The fourth-order valence-electron chi connectivity index (χ4n) is 3.62. The van der Waals surface area contributed by atoms with Crippen molar-refractivity contribution in [1.82, 2.24) is 19.2 Å². The molecule has 4 rings (SSSR count). The van der Waals surface area contributed by atoms with Crippen molar-refractivity contribution in [3.05, 3.63) is 62.6 Å². The van der Waals surface area contributed by atoms with E-state index >= 15 is 0 Å². The number of aromatic nitrogens is 3. The Morgan fingerprint density at radius 2 is 1.83 bits per heavy atom. The Morgan fingerprint density at radius 3 is 2.47 bits per heavy atom. The van der Waals surface area contributed by atoms with Crippen LogP contribution in [0.25, 0.3) is 11.0 Å². The Bertz CT molecular complexity index is 1230.